The third-order valence-electron chi connectivity index (χ3n) is 10.9. The number of carbonyl (C=O) groups excluding carboxylic acids is 2. The number of carboxylic acids is 4. The van der Waals surface area contributed by atoms with Crippen molar-refractivity contribution in [2.24, 2.45) is 0 Å². The Bertz CT molecular complexity index is 1030. The molecule has 0 fully saturated rings. The Morgan fingerprint density at radius 1 is 0.306 bits per heavy atom. The summed E-state index contributed by atoms with van der Waals surface area (Å²) >= 11 is 0. The SMILES string of the molecule is O=C(O)CCN(CCCCCCNC(=O)CCCCCCCCCCSSCCCCCCCCCCC(=O)NCCCCCCN(CCC(=O)O)CCC(=O)O)CCC(=O)O. The van der Waals surface area contributed by atoms with Crippen LogP contribution >= 0.6 is 21.6 Å². The zero-order chi connectivity index (χ0) is 45.7. The topological polar surface area (TPSA) is 214 Å². The van der Waals surface area contributed by atoms with Crippen LogP contribution in [0.5, 0.6) is 0 Å². The molecule has 0 unspecified atom stereocenters. The predicted molar refractivity (Wildman–Crippen MR) is 253 cm³/mol. The molecule has 0 saturated carbocycles. The molecule has 0 aliphatic carbocycles. The smallest absolute Gasteiger partial charge is 0.304 e. The number of amides is 2. The Kier molecular flexibility index (Phi) is 43.2. The Morgan fingerprint density at radius 2 is 0.565 bits per heavy atom. The van der Waals surface area contributed by atoms with E-state index in [1.165, 1.54) is 88.6 Å². The number of hydrogen-bond donors (Lipinski definition) is 6. The third kappa shape index (κ3) is 46.9. The van der Waals surface area contributed by atoms with E-state index in [9.17, 15) is 28.8 Å². The fourth-order valence-electron chi connectivity index (χ4n) is 7.08. The van der Waals surface area contributed by atoms with Gasteiger partial charge in [-0.2, -0.15) is 0 Å². The molecule has 6 N–H and O–H groups in total. The molecule has 0 atom stereocenters. The molecule has 0 aliphatic rings. The molecule has 0 bridgehead atoms. The van der Waals surface area contributed by atoms with E-state index in [1.54, 1.807) is 0 Å². The lowest BCUT2D eigenvalue weighted by atomic mass is 10.1. The van der Waals surface area contributed by atoms with Gasteiger partial charge in [-0.1, -0.05) is 124 Å². The van der Waals surface area contributed by atoms with Crippen LogP contribution < -0.4 is 10.6 Å². The van der Waals surface area contributed by atoms with Gasteiger partial charge in [-0.05, 0) is 64.5 Å². The summed E-state index contributed by atoms with van der Waals surface area (Å²) in [6, 6.07) is 0. The summed E-state index contributed by atoms with van der Waals surface area (Å²) < 4.78 is 0. The average molecular weight is 919 g/mol. The Hall–Kier alpha value is -2.56. The molecular formula is C46H86N4O10S2. The molecule has 362 valence electrons. The quantitative estimate of drug-likeness (QED) is 0.0248. The number of unbranched alkanes of at least 4 members (excludes halogenated alkanes) is 20. The van der Waals surface area contributed by atoms with E-state index in [1.807, 2.05) is 31.4 Å². The van der Waals surface area contributed by atoms with Crippen LogP contribution in [0.2, 0.25) is 0 Å². The molecule has 0 aromatic carbocycles. The molecule has 0 saturated heterocycles. The van der Waals surface area contributed by atoms with Gasteiger partial charge in [0.1, 0.15) is 0 Å². The lowest BCUT2D eigenvalue weighted by Crippen LogP contribution is -2.30. The molecule has 0 radical (unpaired) electrons. The van der Waals surface area contributed by atoms with Crippen LogP contribution in [0.25, 0.3) is 0 Å². The van der Waals surface area contributed by atoms with Crippen molar-refractivity contribution in [2.45, 2.75) is 193 Å². The monoisotopic (exact) mass is 919 g/mol. The van der Waals surface area contributed by atoms with Crippen LogP contribution in [-0.2, 0) is 28.8 Å². The van der Waals surface area contributed by atoms with Crippen molar-refractivity contribution < 1.29 is 49.2 Å². The number of nitrogens with one attached hydrogen (secondary N) is 2. The summed E-state index contributed by atoms with van der Waals surface area (Å²) in [5.41, 5.74) is 0. The Morgan fingerprint density at radius 3 is 0.871 bits per heavy atom. The highest BCUT2D eigenvalue weighted by molar-refractivity contribution is 8.76. The number of carbonyl (C=O) groups is 6. The summed E-state index contributed by atoms with van der Waals surface area (Å²) in [6.45, 7) is 4.24. The van der Waals surface area contributed by atoms with Crippen molar-refractivity contribution >= 4 is 57.3 Å². The van der Waals surface area contributed by atoms with Crippen LogP contribution in [0.1, 0.15) is 193 Å². The first-order valence-corrected chi connectivity index (χ1v) is 26.6. The van der Waals surface area contributed by atoms with Gasteiger partial charge in [-0.3, -0.25) is 28.8 Å². The first-order chi connectivity index (χ1) is 30.0. The van der Waals surface area contributed by atoms with Crippen molar-refractivity contribution in [3.63, 3.8) is 0 Å². The van der Waals surface area contributed by atoms with Crippen LogP contribution in [-0.4, -0.2) is 130 Å². The van der Waals surface area contributed by atoms with E-state index < -0.39 is 23.9 Å². The summed E-state index contributed by atoms with van der Waals surface area (Å²) in [6.07, 6.45) is 28.1. The lowest BCUT2D eigenvalue weighted by Gasteiger charge is -2.20. The first kappa shape index (κ1) is 59.4. The van der Waals surface area contributed by atoms with Gasteiger partial charge in [-0.15, -0.1) is 0 Å². The molecule has 0 aromatic heterocycles. The largest absolute Gasteiger partial charge is 0.481 e. The number of aliphatic carboxylic acids is 4. The highest BCUT2D eigenvalue weighted by Gasteiger charge is 2.11. The molecule has 0 heterocycles. The minimum absolute atomic E-state index is 0.0167. The van der Waals surface area contributed by atoms with E-state index in [0.717, 1.165) is 77.0 Å². The zero-order valence-electron chi connectivity index (χ0n) is 38.2. The Balaban J connectivity index is 3.42. The highest BCUT2D eigenvalue weighted by atomic mass is 33.1. The predicted octanol–water partition coefficient (Wildman–Crippen LogP) is 9.25. The van der Waals surface area contributed by atoms with Gasteiger partial charge in [0.15, 0.2) is 0 Å². The van der Waals surface area contributed by atoms with Gasteiger partial charge in [-0.25, -0.2) is 0 Å². The van der Waals surface area contributed by atoms with Crippen molar-refractivity contribution in [1.82, 2.24) is 20.4 Å². The highest BCUT2D eigenvalue weighted by Crippen LogP contribution is 2.25. The molecule has 14 nitrogen and oxygen atoms in total. The number of carboxylic acid groups (broad SMARTS) is 4. The normalized spacial score (nSPS) is 11.3. The van der Waals surface area contributed by atoms with E-state index in [0.29, 0.717) is 65.2 Å². The number of nitrogens with zero attached hydrogens (tertiary/aromatic N) is 2. The molecule has 2 amide bonds. The average Bonchev–Trinajstić information content (AvgIpc) is 3.22. The summed E-state index contributed by atoms with van der Waals surface area (Å²) in [5, 5.41) is 41.6. The van der Waals surface area contributed by atoms with Crippen LogP contribution in [0, 0.1) is 0 Å². The third-order valence-corrected chi connectivity index (χ3v) is 13.4. The van der Waals surface area contributed by atoms with Crippen LogP contribution in [0.4, 0.5) is 0 Å². The van der Waals surface area contributed by atoms with Crippen molar-refractivity contribution in [3.05, 3.63) is 0 Å². The van der Waals surface area contributed by atoms with Gasteiger partial charge in [0, 0.05) is 63.6 Å². The van der Waals surface area contributed by atoms with Gasteiger partial charge in [0.25, 0.3) is 0 Å². The van der Waals surface area contributed by atoms with E-state index in [2.05, 4.69) is 10.6 Å². The van der Waals surface area contributed by atoms with Gasteiger partial charge >= 0.3 is 23.9 Å². The van der Waals surface area contributed by atoms with Crippen LogP contribution in [0.3, 0.4) is 0 Å². The zero-order valence-corrected chi connectivity index (χ0v) is 39.9. The summed E-state index contributed by atoms with van der Waals surface area (Å²) in [5.74, 6) is -0.765. The summed E-state index contributed by atoms with van der Waals surface area (Å²) in [7, 11) is 4.04. The standard InChI is InChI=1S/C46H86N4O10S2/c51-41(47-31-19-11-13-21-33-49(35-27-43(53)54)36-28-44(55)56)25-17-9-5-1-3-7-15-23-39-61-62-40-24-16-8-4-2-6-10-18-26-42(52)48-32-20-12-14-22-34-50(37-29-45(57)58)38-30-46(59)60/h1-40H2,(H,47,51)(H,48,52)(H,53,54)(H,55,56)(H,57,58)(H,59,60). The minimum atomic E-state index is -0.873. The van der Waals surface area contributed by atoms with Gasteiger partial charge in [0.05, 0.1) is 25.7 Å². The van der Waals surface area contributed by atoms with Gasteiger partial charge in [0.2, 0.25) is 11.8 Å². The molecule has 0 spiro atoms. The first-order valence-electron chi connectivity index (χ1n) is 24.1. The molecule has 0 aromatic rings. The number of rotatable bonds is 49. The maximum absolute atomic E-state index is 12.1. The van der Waals surface area contributed by atoms with Crippen LogP contribution in [0.15, 0.2) is 0 Å². The van der Waals surface area contributed by atoms with Crippen molar-refractivity contribution in [3.8, 4) is 0 Å². The minimum Gasteiger partial charge on any atom is -0.481 e. The molecule has 62 heavy (non-hydrogen) atoms. The fourth-order valence-corrected chi connectivity index (χ4v) is 9.37. The molecular weight excluding hydrogens is 833 g/mol. The van der Waals surface area contributed by atoms with Crippen molar-refractivity contribution in [2.75, 3.05) is 63.9 Å². The molecule has 16 heteroatoms. The lowest BCUT2D eigenvalue weighted by molar-refractivity contribution is -0.139. The van der Waals surface area contributed by atoms with E-state index in [-0.39, 0.29) is 37.5 Å². The maximum atomic E-state index is 12.1. The number of hydrogen-bond acceptors (Lipinski definition) is 10. The molecule has 0 rings (SSSR count). The summed E-state index contributed by atoms with van der Waals surface area (Å²) in [4.78, 5) is 71.5. The fraction of sp³-hybridized carbons (Fsp3) is 0.870. The second-order valence-corrected chi connectivity index (χ2v) is 19.3. The van der Waals surface area contributed by atoms with Gasteiger partial charge < -0.3 is 40.9 Å². The second kappa shape index (κ2) is 45.0. The molecule has 0 aliphatic heterocycles. The van der Waals surface area contributed by atoms with E-state index >= 15 is 0 Å². The second-order valence-electron chi connectivity index (χ2n) is 16.6. The Labute approximate surface area is 382 Å². The maximum Gasteiger partial charge on any atom is 0.304 e. The van der Waals surface area contributed by atoms with E-state index in [4.69, 9.17) is 20.4 Å². The van der Waals surface area contributed by atoms with Crippen molar-refractivity contribution in [1.29, 1.82) is 0 Å².